The third kappa shape index (κ3) is 2.71. The Labute approximate surface area is 120 Å². The standard InChI is InChI=1S/C13H13Cl2NO3/c1-19-11(18)6-8-7-16(4-5-17)13-9(8)2-3-10(14)12(13)15/h2-3,7,17H,4-6H2,1H3. The zero-order valence-electron chi connectivity index (χ0n) is 10.3. The van der Waals surface area contributed by atoms with Crippen molar-refractivity contribution in [3.8, 4) is 0 Å². The summed E-state index contributed by atoms with van der Waals surface area (Å²) in [5, 5.41) is 10.8. The van der Waals surface area contributed by atoms with Crippen LogP contribution in [-0.2, 0) is 22.5 Å². The highest BCUT2D eigenvalue weighted by molar-refractivity contribution is 6.45. The summed E-state index contributed by atoms with van der Waals surface area (Å²) >= 11 is 12.2. The number of nitrogens with zero attached hydrogens (tertiary/aromatic N) is 1. The fraction of sp³-hybridized carbons (Fsp3) is 0.308. The van der Waals surface area contributed by atoms with E-state index in [2.05, 4.69) is 4.74 Å². The smallest absolute Gasteiger partial charge is 0.310 e. The molecule has 6 heteroatoms. The molecule has 0 spiro atoms. The van der Waals surface area contributed by atoms with E-state index >= 15 is 0 Å². The molecule has 4 nitrogen and oxygen atoms in total. The molecule has 0 unspecified atom stereocenters. The van der Waals surface area contributed by atoms with Crippen molar-refractivity contribution in [2.45, 2.75) is 13.0 Å². The molecule has 1 aromatic carbocycles. The highest BCUT2D eigenvalue weighted by Crippen LogP contribution is 2.34. The first-order chi connectivity index (χ1) is 9.08. The fourth-order valence-corrected chi connectivity index (χ4v) is 2.48. The van der Waals surface area contributed by atoms with E-state index < -0.39 is 0 Å². The molecule has 0 fully saturated rings. The number of hydrogen-bond acceptors (Lipinski definition) is 3. The first-order valence-electron chi connectivity index (χ1n) is 5.72. The van der Waals surface area contributed by atoms with Crippen molar-refractivity contribution >= 4 is 40.1 Å². The maximum Gasteiger partial charge on any atom is 0.310 e. The van der Waals surface area contributed by atoms with E-state index in [4.69, 9.17) is 28.3 Å². The van der Waals surface area contributed by atoms with Gasteiger partial charge in [0.25, 0.3) is 0 Å². The van der Waals surface area contributed by atoms with Gasteiger partial charge in [0.1, 0.15) is 0 Å². The van der Waals surface area contributed by atoms with Crippen LogP contribution in [0.3, 0.4) is 0 Å². The number of methoxy groups -OCH3 is 1. The molecule has 0 bridgehead atoms. The van der Waals surface area contributed by atoms with E-state index in [0.717, 1.165) is 16.5 Å². The van der Waals surface area contributed by atoms with Crippen LogP contribution in [0.4, 0.5) is 0 Å². The van der Waals surface area contributed by atoms with Crippen molar-refractivity contribution < 1.29 is 14.6 Å². The quantitative estimate of drug-likeness (QED) is 0.883. The lowest BCUT2D eigenvalue weighted by Crippen LogP contribution is -2.04. The number of benzene rings is 1. The molecule has 1 aromatic heterocycles. The zero-order valence-corrected chi connectivity index (χ0v) is 11.8. The van der Waals surface area contributed by atoms with Crippen LogP contribution in [0.1, 0.15) is 5.56 Å². The normalized spacial score (nSPS) is 10.9. The van der Waals surface area contributed by atoms with Gasteiger partial charge in [0.15, 0.2) is 0 Å². The van der Waals surface area contributed by atoms with E-state index in [9.17, 15) is 4.79 Å². The van der Waals surface area contributed by atoms with Crippen molar-refractivity contribution in [3.63, 3.8) is 0 Å². The minimum atomic E-state index is -0.325. The van der Waals surface area contributed by atoms with Crippen LogP contribution in [0.5, 0.6) is 0 Å². The third-order valence-electron chi connectivity index (χ3n) is 2.92. The molecule has 0 amide bonds. The predicted octanol–water partition coefficient (Wildman–Crippen LogP) is 2.66. The van der Waals surface area contributed by atoms with Gasteiger partial charge in [-0.25, -0.2) is 0 Å². The average Bonchev–Trinajstić information content (AvgIpc) is 2.73. The third-order valence-corrected chi connectivity index (χ3v) is 3.71. The number of hydrogen-bond donors (Lipinski definition) is 1. The monoisotopic (exact) mass is 301 g/mol. The molecule has 2 aromatic rings. The molecule has 0 saturated carbocycles. The molecule has 0 aliphatic carbocycles. The zero-order chi connectivity index (χ0) is 14.0. The Kier molecular flexibility index (Phi) is 4.34. The minimum absolute atomic E-state index is 0.0235. The predicted molar refractivity (Wildman–Crippen MR) is 74.8 cm³/mol. The molecule has 0 aliphatic heterocycles. The molecule has 2 rings (SSSR count). The Hall–Kier alpha value is -1.23. The van der Waals surface area contributed by atoms with E-state index in [1.807, 2.05) is 6.07 Å². The second kappa shape index (κ2) is 5.82. The summed E-state index contributed by atoms with van der Waals surface area (Å²) in [4.78, 5) is 11.4. The molecular formula is C13H13Cl2NO3. The van der Waals surface area contributed by atoms with E-state index in [1.165, 1.54) is 7.11 Å². The summed E-state index contributed by atoms with van der Waals surface area (Å²) in [6, 6.07) is 3.51. The molecule has 0 radical (unpaired) electrons. The molecule has 0 atom stereocenters. The van der Waals surface area contributed by atoms with E-state index in [1.54, 1.807) is 16.8 Å². The maximum absolute atomic E-state index is 11.4. The Bertz CT molecular complexity index is 622. The van der Waals surface area contributed by atoms with Crippen LogP contribution in [-0.4, -0.2) is 29.4 Å². The van der Waals surface area contributed by atoms with Gasteiger partial charge in [-0.2, -0.15) is 0 Å². The maximum atomic E-state index is 11.4. The molecule has 0 saturated heterocycles. The Balaban J connectivity index is 2.60. The van der Waals surface area contributed by atoms with Gasteiger partial charge in [-0.3, -0.25) is 4.79 Å². The van der Waals surface area contributed by atoms with Crippen molar-refractivity contribution in [1.29, 1.82) is 0 Å². The van der Waals surface area contributed by atoms with Crippen molar-refractivity contribution in [2.24, 2.45) is 0 Å². The van der Waals surface area contributed by atoms with Gasteiger partial charge >= 0.3 is 5.97 Å². The minimum Gasteiger partial charge on any atom is -0.469 e. The second-order valence-electron chi connectivity index (χ2n) is 4.08. The lowest BCUT2D eigenvalue weighted by molar-refractivity contribution is -0.139. The highest BCUT2D eigenvalue weighted by Gasteiger charge is 2.15. The van der Waals surface area contributed by atoms with Gasteiger partial charge in [-0.1, -0.05) is 29.3 Å². The van der Waals surface area contributed by atoms with E-state index in [-0.39, 0.29) is 19.0 Å². The molecule has 1 heterocycles. The Morgan fingerprint density at radius 2 is 2.16 bits per heavy atom. The lowest BCUT2D eigenvalue weighted by Gasteiger charge is -2.05. The number of aliphatic hydroxyl groups excluding tert-OH is 1. The van der Waals surface area contributed by atoms with Crippen LogP contribution in [0, 0.1) is 0 Å². The molecule has 0 aliphatic rings. The summed E-state index contributed by atoms with van der Waals surface area (Å²) in [6.45, 7) is 0.363. The van der Waals surface area contributed by atoms with Gasteiger partial charge in [0, 0.05) is 18.1 Å². The fourth-order valence-electron chi connectivity index (χ4n) is 2.05. The van der Waals surface area contributed by atoms with Crippen LogP contribution in [0.2, 0.25) is 10.0 Å². The summed E-state index contributed by atoms with van der Waals surface area (Å²) in [6.07, 6.45) is 1.95. The van der Waals surface area contributed by atoms with Gasteiger partial charge in [0.2, 0.25) is 0 Å². The number of rotatable bonds is 4. The van der Waals surface area contributed by atoms with Gasteiger partial charge in [0.05, 0.1) is 35.7 Å². The number of carbonyl (C=O) groups excluding carboxylic acids is 1. The number of aromatic nitrogens is 1. The molecule has 1 N–H and O–H groups in total. The summed E-state index contributed by atoms with van der Waals surface area (Å²) in [7, 11) is 1.35. The second-order valence-corrected chi connectivity index (χ2v) is 4.87. The van der Waals surface area contributed by atoms with Gasteiger partial charge in [-0.05, 0) is 11.6 Å². The van der Waals surface area contributed by atoms with Gasteiger partial charge < -0.3 is 14.4 Å². The van der Waals surface area contributed by atoms with Crippen LogP contribution in [0.25, 0.3) is 10.9 Å². The largest absolute Gasteiger partial charge is 0.469 e. The topological polar surface area (TPSA) is 51.5 Å². The van der Waals surface area contributed by atoms with Crippen LogP contribution in [0.15, 0.2) is 18.3 Å². The molecule has 19 heavy (non-hydrogen) atoms. The van der Waals surface area contributed by atoms with Crippen LogP contribution < -0.4 is 0 Å². The number of fused-ring (bicyclic) bond motifs is 1. The summed E-state index contributed by atoms with van der Waals surface area (Å²) < 4.78 is 6.46. The number of halogens is 2. The van der Waals surface area contributed by atoms with Crippen LogP contribution >= 0.6 is 23.2 Å². The van der Waals surface area contributed by atoms with Crippen molar-refractivity contribution in [2.75, 3.05) is 13.7 Å². The Morgan fingerprint density at radius 3 is 2.79 bits per heavy atom. The van der Waals surface area contributed by atoms with E-state index in [0.29, 0.717) is 16.6 Å². The number of carbonyl (C=O) groups is 1. The SMILES string of the molecule is COC(=O)Cc1cn(CCO)c2c(Cl)c(Cl)ccc12. The molecule has 102 valence electrons. The average molecular weight is 302 g/mol. The first-order valence-corrected chi connectivity index (χ1v) is 6.47. The lowest BCUT2D eigenvalue weighted by atomic mass is 10.1. The summed E-state index contributed by atoms with van der Waals surface area (Å²) in [5.74, 6) is -0.325. The van der Waals surface area contributed by atoms with Crippen molar-refractivity contribution in [3.05, 3.63) is 33.9 Å². The molecular weight excluding hydrogens is 289 g/mol. The van der Waals surface area contributed by atoms with Crippen molar-refractivity contribution in [1.82, 2.24) is 4.57 Å². The summed E-state index contributed by atoms with van der Waals surface area (Å²) in [5.41, 5.74) is 1.52. The number of esters is 1. The first kappa shape index (κ1) is 14.2. The van der Waals surface area contributed by atoms with Gasteiger partial charge in [-0.15, -0.1) is 0 Å². The Morgan fingerprint density at radius 1 is 1.42 bits per heavy atom. The highest BCUT2D eigenvalue weighted by atomic mass is 35.5. The number of ether oxygens (including phenoxy) is 1. The number of aliphatic hydroxyl groups is 1.